The Morgan fingerprint density at radius 1 is 0.677 bits per heavy atom. The molecule has 0 aliphatic heterocycles. The Bertz CT molecular complexity index is 380. The third kappa shape index (κ3) is 15.0. The highest BCUT2D eigenvalue weighted by atomic mass is 16.9. The molecule has 4 nitrogen and oxygen atoms in total. The fourth-order valence-corrected chi connectivity index (χ4v) is 4.37. The van der Waals surface area contributed by atoms with E-state index in [1.165, 1.54) is 57.8 Å². The van der Waals surface area contributed by atoms with Crippen molar-refractivity contribution in [1.29, 1.82) is 0 Å². The maximum Gasteiger partial charge on any atom is 0.285 e. The van der Waals surface area contributed by atoms with Crippen LogP contribution in [0.3, 0.4) is 0 Å². The Balaban J connectivity index is 4.69. The van der Waals surface area contributed by atoms with Gasteiger partial charge in [-0.3, -0.25) is 0 Å². The third-order valence-electron chi connectivity index (χ3n) is 5.86. The van der Waals surface area contributed by atoms with Crippen molar-refractivity contribution in [3.63, 3.8) is 0 Å². The molecule has 186 valence electrons. The lowest BCUT2D eigenvalue weighted by atomic mass is 9.90. The number of ether oxygens (including phenoxy) is 4. The van der Waals surface area contributed by atoms with Gasteiger partial charge in [-0.15, -0.1) is 0 Å². The summed E-state index contributed by atoms with van der Waals surface area (Å²) in [7, 11) is 0. The number of unbranched alkanes of at least 4 members (excludes halogenated alkanes) is 5. The van der Waals surface area contributed by atoms with Gasteiger partial charge in [-0.05, 0) is 52.9 Å². The van der Waals surface area contributed by atoms with Crippen molar-refractivity contribution in [1.82, 2.24) is 0 Å². The number of allylic oxidation sites excluding steroid dienone is 1. The summed E-state index contributed by atoms with van der Waals surface area (Å²) in [5.74, 6) is 0.232. The topological polar surface area (TPSA) is 36.9 Å². The van der Waals surface area contributed by atoms with E-state index < -0.39 is 5.97 Å². The van der Waals surface area contributed by atoms with Gasteiger partial charge in [-0.1, -0.05) is 77.7 Å². The molecule has 0 aliphatic rings. The molecule has 2 atom stereocenters. The Morgan fingerprint density at radius 3 is 1.74 bits per heavy atom. The van der Waals surface area contributed by atoms with E-state index in [1.807, 2.05) is 33.8 Å². The average molecular weight is 443 g/mol. The maximum atomic E-state index is 6.15. The van der Waals surface area contributed by atoms with E-state index in [1.54, 1.807) is 6.26 Å². The van der Waals surface area contributed by atoms with E-state index in [4.69, 9.17) is 18.9 Å². The zero-order chi connectivity index (χ0) is 23.2. The van der Waals surface area contributed by atoms with Crippen LogP contribution in [0.15, 0.2) is 12.3 Å². The molecule has 0 rings (SSSR count). The molecule has 0 bridgehead atoms. The monoisotopic (exact) mass is 442 g/mol. The van der Waals surface area contributed by atoms with Crippen LogP contribution in [0.4, 0.5) is 0 Å². The lowest BCUT2D eigenvalue weighted by Gasteiger charge is -2.39. The Labute approximate surface area is 194 Å². The van der Waals surface area contributed by atoms with Gasteiger partial charge in [0.15, 0.2) is 0 Å². The molecule has 0 fully saturated rings. The van der Waals surface area contributed by atoms with Crippen molar-refractivity contribution in [2.45, 2.75) is 125 Å². The van der Waals surface area contributed by atoms with Gasteiger partial charge in [0.25, 0.3) is 5.97 Å². The summed E-state index contributed by atoms with van der Waals surface area (Å²) >= 11 is 0. The van der Waals surface area contributed by atoms with E-state index in [0.717, 1.165) is 31.8 Å². The van der Waals surface area contributed by atoms with Gasteiger partial charge < -0.3 is 18.9 Å². The molecule has 0 radical (unpaired) electrons. The van der Waals surface area contributed by atoms with Crippen LogP contribution in [0.5, 0.6) is 0 Å². The first-order valence-corrected chi connectivity index (χ1v) is 13.2. The van der Waals surface area contributed by atoms with Crippen LogP contribution in [0.1, 0.15) is 119 Å². The highest BCUT2D eigenvalue weighted by molar-refractivity contribution is 4.73. The molecule has 0 amide bonds. The van der Waals surface area contributed by atoms with Crippen molar-refractivity contribution in [2.24, 2.45) is 11.8 Å². The van der Waals surface area contributed by atoms with E-state index in [-0.39, 0.29) is 5.92 Å². The fourth-order valence-electron chi connectivity index (χ4n) is 4.37. The van der Waals surface area contributed by atoms with Gasteiger partial charge in [0, 0.05) is 25.7 Å². The summed E-state index contributed by atoms with van der Waals surface area (Å²) in [6, 6.07) is 0. The van der Waals surface area contributed by atoms with Gasteiger partial charge in [-0.25, -0.2) is 0 Å². The number of rotatable bonds is 23. The normalized spacial score (nSPS) is 14.3. The Kier molecular flexibility index (Phi) is 20.9. The SMILES string of the molecule is CC=COCCCCCCCC(CCCCC(C)CCC)C(OCC)(OCC)OCC. The molecule has 0 aromatic carbocycles. The molecule has 31 heavy (non-hydrogen) atoms. The van der Waals surface area contributed by atoms with Crippen LogP contribution >= 0.6 is 0 Å². The van der Waals surface area contributed by atoms with Crippen molar-refractivity contribution < 1.29 is 18.9 Å². The lowest BCUT2D eigenvalue weighted by Crippen LogP contribution is -2.46. The van der Waals surface area contributed by atoms with E-state index in [0.29, 0.717) is 19.8 Å². The highest BCUT2D eigenvalue weighted by Crippen LogP contribution is 2.34. The molecule has 4 heteroatoms. The molecule has 0 spiro atoms. The first kappa shape index (κ1) is 30.4. The third-order valence-corrected chi connectivity index (χ3v) is 5.86. The second-order valence-corrected chi connectivity index (χ2v) is 8.67. The zero-order valence-electron chi connectivity index (χ0n) is 21.8. The molecule has 0 aromatic heterocycles. The minimum absolute atomic E-state index is 0.284. The van der Waals surface area contributed by atoms with Crippen LogP contribution < -0.4 is 0 Å². The molecule has 0 aromatic rings. The summed E-state index contributed by atoms with van der Waals surface area (Å²) in [5.41, 5.74) is 0. The van der Waals surface area contributed by atoms with Crippen molar-refractivity contribution in [3.05, 3.63) is 12.3 Å². The summed E-state index contributed by atoms with van der Waals surface area (Å²) in [6.07, 6.45) is 18.4. The van der Waals surface area contributed by atoms with Crippen molar-refractivity contribution in [2.75, 3.05) is 26.4 Å². The first-order valence-electron chi connectivity index (χ1n) is 13.2. The second kappa shape index (κ2) is 21.3. The summed E-state index contributed by atoms with van der Waals surface area (Å²) < 4.78 is 23.9. The van der Waals surface area contributed by atoms with Crippen molar-refractivity contribution in [3.8, 4) is 0 Å². The average Bonchev–Trinajstić information content (AvgIpc) is 2.74. The second-order valence-electron chi connectivity index (χ2n) is 8.67. The highest BCUT2D eigenvalue weighted by Gasteiger charge is 2.41. The van der Waals surface area contributed by atoms with Gasteiger partial charge in [-0.2, -0.15) is 0 Å². The van der Waals surface area contributed by atoms with Crippen LogP contribution in [0.2, 0.25) is 0 Å². The van der Waals surface area contributed by atoms with Gasteiger partial charge in [0.2, 0.25) is 0 Å². The smallest absolute Gasteiger partial charge is 0.285 e. The van der Waals surface area contributed by atoms with Gasteiger partial charge in [0.05, 0.1) is 12.9 Å². The predicted molar refractivity (Wildman–Crippen MR) is 132 cm³/mol. The molecular formula is C27H54O4. The fraction of sp³-hybridized carbons (Fsp3) is 0.926. The largest absolute Gasteiger partial charge is 0.502 e. The Hall–Kier alpha value is -0.580. The van der Waals surface area contributed by atoms with Crippen LogP contribution in [-0.2, 0) is 18.9 Å². The molecule has 2 unspecified atom stereocenters. The minimum atomic E-state index is -0.881. The molecule has 0 saturated carbocycles. The van der Waals surface area contributed by atoms with Gasteiger partial charge in [0.1, 0.15) is 0 Å². The summed E-state index contributed by atoms with van der Waals surface area (Å²) in [4.78, 5) is 0. The Morgan fingerprint density at radius 2 is 1.19 bits per heavy atom. The van der Waals surface area contributed by atoms with E-state index in [9.17, 15) is 0 Å². The minimum Gasteiger partial charge on any atom is -0.502 e. The van der Waals surface area contributed by atoms with Crippen LogP contribution in [0.25, 0.3) is 0 Å². The lowest BCUT2D eigenvalue weighted by molar-refractivity contribution is -0.403. The van der Waals surface area contributed by atoms with Crippen LogP contribution in [0, 0.1) is 11.8 Å². The van der Waals surface area contributed by atoms with Crippen LogP contribution in [-0.4, -0.2) is 32.4 Å². The zero-order valence-corrected chi connectivity index (χ0v) is 21.8. The number of hydrogen-bond acceptors (Lipinski definition) is 4. The predicted octanol–water partition coefficient (Wildman–Crippen LogP) is 8.25. The van der Waals surface area contributed by atoms with Crippen molar-refractivity contribution >= 4 is 0 Å². The first-order chi connectivity index (χ1) is 15.1. The molecule has 0 saturated heterocycles. The molecule has 0 aliphatic carbocycles. The summed E-state index contributed by atoms with van der Waals surface area (Å²) in [5, 5.41) is 0. The quantitative estimate of drug-likeness (QED) is 0.0906. The number of hydrogen-bond donors (Lipinski definition) is 0. The molecule has 0 N–H and O–H groups in total. The van der Waals surface area contributed by atoms with E-state index >= 15 is 0 Å². The van der Waals surface area contributed by atoms with E-state index in [2.05, 4.69) is 13.8 Å². The molecular weight excluding hydrogens is 388 g/mol. The summed E-state index contributed by atoms with van der Waals surface area (Å²) in [6.45, 7) is 15.4. The maximum absolute atomic E-state index is 6.15. The van der Waals surface area contributed by atoms with Gasteiger partial charge >= 0.3 is 0 Å². The standard InChI is InChI=1S/C27H54O4/c1-7-19-25(6)20-16-17-22-26(27(29-9-3,30-10-4)31-11-5)21-15-13-12-14-18-24-28-23-8-2/h8,23,25-26H,7,9-22,24H2,1-6H3. The molecule has 0 heterocycles.